The van der Waals surface area contributed by atoms with Crippen LogP contribution in [0.1, 0.15) is 20.7 Å². The summed E-state index contributed by atoms with van der Waals surface area (Å²) in [5.41, 5.74) is 1.46. The second-order valence-corrected chi connectivity index (χ2v) is 6.92. The summed E-state index contributed by atoms with van der Waals surface area (Å²) in [6.45, 7) is 0.100. The Bertz CT molecular complexity index is 1160. The minimum atomic E-state index is -0.789. The van der Waals surface area contributed by atoms with Crippen molar-refractivity contribution in [2.75, 3.05) is 24.4 Å². The SMILES string of the molecule is COC(=O)c1ccccc1NC(=O)c1ccc(NC(=O)[C@@H]2COc3ccccc3O2)cc1. The van der Waals surface area contributed by atoms with Gasteiger partial charge in [0.2, 0.25) is 6.10 Å². The van der Waals surface area contributed by atoms with Crippen LogP contribution >= 0.6 is 0 Å². The Morgan fingerprint density at radius 1 is 0.875 bits per heavy atom. The number of para-hydroxylation sites is 3. The van der Waals surface area contributed by atoms with Gasteiger partial charge in [-0.3, -0.25) is 9.59 Å². The van der Waals surface area contributed by atoms with Crippen molar-refractivity contribution >= 4 is 29.2 Å². The second-order valence-electron chi connectivity index (χ2n) is 6.92. The molecule has 32 heavy (non-hydrogen) atoms. The number of anilines is 2. The average molecular weight is 432 g/mol. The lowest BCUT2D eigenvalue weighted by Gasteiger charge is -2.25. The first kappa shape index (κ1) is 20.9. The lowest BCUT2D eigenvalue weighted by molar-refractivity contribution is -0.125. The number of esters is 1. The first-order valence-electron chi connectivity index (χ1n) is 9.83. The van der Waals surface area contributed by atoms with Crippen LogP contribution in [0, 0.1) is 0 Å². The summed E-state index contributed by atoms with van der Waals surface area (Å²) in [6.07, 6.45) is -0.789. The summed E-state index contributed by atoms with van der Waals surface area (Å²) in [4.78, 5) is 37.0. The molecule has 0 bridgehead atoms. The first-order valence-corrected chi connectivity index (χ1v) is 9.83. The molecule has 0 aliphatic carbocycles. The molecule has 2 N–H and O–H groups in total. The standard InChI is InChI=1S/C24H20N2O6/c1-30-24(29)17-6-2-3-7-18(17)26-22(27)15-10-12-16(13-11-15)25-23(28)21-14-31-19-8-4-5-9-20(19)32-21/h2-13,21H,14H2,1H3,(H,25,28)(H,26,27)/t21-/m0/s1. The summed E-state index contributed by atoms with van der Waals surface area (Å²) in [5, 5.41) is 5.45. The van der Waals surface area contributed by atoms with E-state index in [4.69, 9.17) is 14.2 Å². The minimum Gasteiger partial charge on any atom is -0.485 e. The number of ether oxygens (including phenoxy) is 3. The van der Waals surface area contributed by atoms with Crippen LogP contribution in [0.15, 0.2) is 72.8 Å². The number of rotatable bonds is 5. The largest absolute Gasteiger partial charge is 0.485 e. The van der Waals surface area contributed by atoms with E-state index in [2.05, 4.69) is 10.6 Å². The van der Waals surface area contributed by atoms with Crippen molar-refractivity contribution < 1.29 is 28.6 Å². The number of methoxy groups -OCH3 is 1. The van der Waals surface area contributed by atoms with Gasteiger partial charge < -0.3 is 24.8 Å². The molecule has 0 spiro atoms. The third kappa shape index (κ3) is 4.54. The lowest BCUT2D eigenvalue weighted by atomic mass is 10.1. The molecule has 0 aromatic heterocycles. The maximum absolute atomic E-state index is 12.6. The van der Waals surface area contributed by atoms with E-state index in [9.17, 15) is 14.4 Å². The summed E-state index contributed by atoms with van der Waals surface area (Å²) in [6, 6.07) is 20.1. The topological polar surface area (TPSA) is 103 Å². The molecule has 3 aromatic carbocycles. The highest BCUT2D eigenvalue weighted by Gasteiger charge is 2.27. The maximum Gasteiger partial charge on any atom is 0.339 e. The molecule has 4 rings (SSSR count). The Kier molecular flexibility index (Phi) is 6.03. The van der Waals surface area contributed by atoms with Crippen LogP contribution < -0.4 is 20.1 Å². The predicted octanol–water partition coefficient (Wildman–Crippen LogP) is 3.50. The smallest absolute Gasteiger partial charge is 0.339 e. The van der Waals surface area contributed by atoms with Gasteiger partial charge in [-0.15, -0.1) is 0 Å². The summed E-state index contributed by atoms with van der Waals surface area (Å²) in [5.74, 6) is -0.196. The number of amides is 2. The van der Waals surface area contributed by atoms with Gasteiger partial charge in [0, 0.05) is 11.3 Å². The van der Waals surface area contributed by atoms with E-state index in [1.54, 1.807) is 66.7 Å². The van der Waals surface area contributed by atoms with E-state index in [0.29, 0.717) is 28.4 Å². The highest BCUT2D eigenvalue weighted by molar-refractivity contribution is 6.08. The van der Waals surface area contributed by atoms with E-state index >= 15 is 0 Å². The van der Waals surface area contributed by atoms with Gasteiger partial charge >= 0.3 is 5.97 Å². The molecule has 1 heterocycles. The number of benzene rings is 3. The van der Waals surface area contributed by atoms with Gasteiger partial charge in [0.25, 0.3) is 11.8 Å². The molecule has 0 unspecified atom stereocenters. The third-order valence-electron chi connectivity index (χ3n) is 4.80. The molecule has 0 saturated heterocycles. The van der Waals surface area contributed by atoms with Crippen LogP contribution in [0.4, 0.5) is 11.4 Å². The monoisotopic (exact) mass is 432 g/mol. The molecule has 1 atom stereocenters. The number of nitrogens with one attached hydrogen (secondary N) is 2. The van der Waals surface area contributed by atoms with Gasteiger partial charge in [-0.25, -0.2) is 4.79 Å². The van der Waals surface area contributed by atoms with Crippen molar-refractivity contribution in [2.24, 2.45) is 0 Å². The maximum atomic E-state index is 12.6. The summed E-state index contributed by atoms with van der Waals surface area (Å²) in [7, 11) is 1.27. The second kappa shape index (κ2) is 9.22. The van der Waals surface area contributed by atoms with E-state index < -0.39 is 18.0 Å². The zero-order chi connectivity index (χ0) is 22.5. The Balaban J connectivity index is 1.39. The van der Waals surface area contributed by atoms with Crippen molar-refractivity contribution in [3.05, 3.63) is 83.9 Å². The van der Waals surface area contributed by atoms with E-state index in [-0.39, 0.29) is 18.1 Å². The normalized spacial score (nSPS) is 14.2. The van der Waals surface area contributed by atoms with Gasteiger partial charge in [-0.2, -0.15) is 0 Å². The molecule has 1 aliphatic rings. The highest BCUT2D eigenvalue weighted by Crippen LogP contribution is 2.31. The highest BCUT2D eigenvalue weighted by atomic mass is 16.6. The quantitative estimate of drug-likeness (QED) is 0.598. The zero-order valence-corrected chi connectivity index (χ0v) is 17.2. The van der Waals surface area contributed by atoms with Crippen LogP contribution in [0.3, 0.4) is 0 Å². The molecular formula is C24H20N2O6. The van der Waals surface area contributed by atoms with Crippen LogP contribution in [-0.4, -0.2) is 37.6 Å². The molecule has 2 amide bonds. The molecule has 0 fully saturated rings. The van der Waals surface area contributed by atoms with Crippen molar-refractivity contribution in [3.8, 4) is 11.5 Å². The molecular weight excluding hydrogens is 412 g/mol. The molecule has 0 radical (unpaired) electrons. The van der Waals surface area contributed by atoms with Crippen LogP contribution in [0.2, 0.25) is 0 Å². The van der Waals surface area contributed by atoms with Crippen molar-refractivity contribution in [1.82, 2.24) is 0 Å². The van der Waals surface area contributed by atoms with Crippen LogP contribution in [0.5, 0.6) is 11.5 Å². The molecule has 8 heteroatoms. The Hall–Kier alpha value is -4.33. The fraction of sp³-hybridized carbons (Fsp3) is 0.125. The van der Waals surface area contributed by atoms with Crippen molar-refractivity contribution in [2.45, 2.75) is 6.10 Å². The molecule has 8 nitrogen and oxygen atoms in total. The minimum absolute atomic E-state index is 0.100. The number of hydrogen-bond acceptors (Lipinski definition) is 6. The average Bonchev–Trinajstić information content (AvgIpc) is 2.84. The molecule has 3 aromatic rings. The van der Waals surface area contributed by atoms with Gasteiger partial charge in [0.05, 0.1) is 18.4 Å². The Morgan fingerprint density at radius 3 is 2.31 bits per heavy atom. The number of carbonyl (C=O) groups is 3. The fourth-order valence-electron chi connectivity index (χ4n) is 3.15. The van der Waals surface area contributed by atoms with Crippen LogP contribution in [-0.2, 0) is 9.53 Å². The van der Waals surface area contributed by atoms with Crippen LogP contribution in [0.25, 0.3) is 0 Å². The number of fused-ring (bicyclic) bond motifs is 1. The predicted molar refractivity (Wildman–Crippen MR) is 117 cm³/mol. The zero-order valence-electron chi connectivity index (χ0n) is 17.2. The first-order chi connectivity index (χ1) is 15.5. The van der Waals surface area contributed by atoms with E-state index in [1.165, 1.54) is 7.11 Å². The Labute approximate surface area is 184 Å². The molecule has 162 valence electrons. The van der Waals surface area contributed by atoms with Crippen molar-refractivity contribution in [1.29, 1.82) is 0 Å². The lowest BCUT2D eigenvalue weighted by Crippen LogP contribution is -2.40. The van der Waals surface area contributed by atoms with E-state index in [1.807, 2.05) is 6.07 Å². The molecule has 0 saturated carbocycles. The molecule has 1 aliphatic heterocycles. The summed E-state index contributed by atoms with van der Waals surface area (Å²) < 4.78 is 16.0. The fourth-order valence-corrected chi connectivity index (χ4v) is 3.15. The Morgan fingerprint density at radius 2 is 1.56 bits per heavy atom. The van der Waals surface area contributed by atoms with Gasteiger partial charge in [-0.05, 0) is 48.5 Å². The van der Waals surface area contributed by atoms with Gasteiger partial charge in [-0.1, -0.05) is 24.3 Å². The van der Waals surface area contributed by atoms with E-state index in [0.717, 1.165) is 0 Å². The number of carbonyl (C=O) groups excluding carboxylic acids is 3. The van der Waals surface area contributed by atoms with Crippen molar-refractivity contribution in [3.63, 3.8) is 0 Å². The van der Waals surface area contributed by atoms with Gasteiger partial charge in [0.15, 0.2) is 11.5 Å². The van der Waals surface area contributed by atoms with Gasteiger partial charge in [0.1, 0.15) is 6.61 Å². The number of hydrogen-bond donors (Lipinski definition) is 2. The summed E-state index contributed by atoms with van der Waals surface area (Å²) >= 11 is 0. The third-order valence-corrected chi connectivity index (χ3v) is 4.80.